The number of aliphatic hydroxyl groups is 2. The van der Waals surface area contributed by atoms with E-state index in [1.807, 2.05) is 0 Å². The molecule has 28 heavy (non-hydrogen) atoms. The molecule has 0 fully saturated rings. The Labute approximate surface area is 159 Å². The van der Waals surface area contributed by atoms with E-state index in [4.69, 9.17) is 19.3 Å². The molecule has 0 spiro atoms. The summed E-state index contributed by atoms with van der Waals surface area (Å²) in [6, 6.07) is 0. The van der Waals surface area contributed by atoms with Crippen molar-refractivity contribution < 1.29 is 62.5 Å². The average molecular weight is 474 g/mol. The van der Waals surface area contributed by atoms with Crippen LogP contribution in [0, 0.1) is 0 Å². The Balaban J connectivity index is -0.000000351. The Morgan fingerprint density at radius 2 is 0.786 bits per heavy atom. The molecule has 0 saturated heterocycles. The quantitative estimate of drug-likeness (QED) is 0.269. The lowest BCUT2D eigenvalue weighted by molar-refractivity contribution is -0.155. The third kappa shape index (κ3) is 10.2. The molecule has 0 amide bonds. The minimum atomic E-state index is -5.09. The van der Waals surface area contributed by atoms with Crippen molar-refractivity contribution in [2.45, 2.75) is 62.4 Å². The van der Waals surface area contributed by atoms with E-state index in [9.17, 15) is 43.2 Å². The first-order valence-corrected chi connectivity index (χ1v) is 10.1. The Kier molecular flexibility index (Phi) is 12.5. The summed E-state index contributed by atoms with van der Waals surface area (Å²) in [7, 11) is -10.2. The minimum absolute atomic E-state index is 0.195. The van der Waals surface area contributed by atoms with Gasteiger partial charge in [-0.05, 0) is 40.5 Å². The van der Waals surface area contributed by atoms with Gasteiger partial charge in [-0.15, -0.1) is 0 Å². The molecule has 0 radical (unpaired) electrons. The number of hydrogen-bond donors (Lipinski definition) is 4. The first kappa shape index (κ1) is 32.0. The zero-order chi connectivity index (χ0) is 23.8. The zero-order valence-electron chi connectivity index (χ0n) is 15.3. The highest BCUT2D eigenvalue weighted by molar-refractivity contribution is 7.87. The maximum atomic E-state index is 11.8. The highest BCUT2D eigenvalue weighted by atomic mass is 32.2. The lowest BCUT2D eigenvalue weighted by Gasteiger charge is -2.23. The molecule has 0 bridgehead atoms. The SMILES string of the molecule is CC(C)(C(F)(F)F)S(=O)(=O)O.CC(C)(C(F)(F)F)S(=O)(=O)O.OCCCCO. The molecule has 0 atom stereocenters. The molecule has 0 aliphatic heterocycles. The molecular weight excluding hydrogens is 450 g/mol. The van der Waals surface area contributed by atoms with Crippen LogP contribution in [0.3, 0.4) is 0 Å². The van der Waals surface area contributed by atoms with E-state index in [1.165, 1.54) is 0 Å². The summed E-state index contributed by atoms with van der Waals surface area (Å²) in [5.74, 6) is 0. The van der Waals surface area contributed by atoms with Gasteiger partial charge >= 0.3 is 12.4 Å². The largest absolute Gasteiger partial charge is 0.409 e. The fourth-order valence-electron chi connectivity index (χ4n) is 0.516. The molecule has 0 heterocycles. The standard InChI is InChI=1S/2C4H7F3O3S.C4H10O2/c2*1-3(2,4(5,6)7)11(8,9)10;5-3-1-2-4-6/h2*1-2H3,(H,8,9,10);5-6H,1-4H2. The summed E-state index contributed by atoms with van der Waals surface area (Å²) in [4.78, 5) is 0. The third-order valence-corrected chi connectivity index (χ3v) is 6.26. The summed E-state index contributed by atoms with van der Waals surface area (Å²) in [5.41, 5.74) is 0. The van der Waals surface area contributed by atoms with Crippen LogP contribution in [-0.2, 0) is 20.2 Å². The van der Waals surface area contributed by atoms with Crippen LogP contribution in [0.1, 0.15) is 40.5 Å². The molecule has 0 aromatic heterocycles. The van der Waals surface area contributed by atoms with Crippen LogP contribution in [-0.4, -0.2) is 71.2 Å². The second-order valence-corrected chi connectivity index (χ2v) is 10.1. The van der Waals surface area contributed by atoms with Crippen molar-refractivity contribution in [1.29, 1.82) is 0 Å². The van der Waals surface area contributed by atoms with Gasteiger partial charge < -0.3 is 10.2 Å². The van der Waals surface area contributed by atoms with E-state index in [2.05, 4.69) is 0 Å². The lowest BCUT2D eigenvalue weighted by Crippen LogP contribution is -2.46. The number of alkyl halides is 6. The molecule has 16 heteroatoms. The van der Waals surface area contributed by atoms with Gasteiger partial charge in [0.15, 0.2) is 9.49 Å². The topological polar surface area (TPSA) is 149 Å². The summed E-state index contributed by atoms with van der Waals surface area (Å²) in [6.07, 6.45) is -8.48. The van der Waals surface area contributed by atoms with Gasteiger partial charge in [0, 0.05) is 13.2 Å². The lowest BCUT2D eigenvalue weighted by atomic mass is 10.2. The van der Waals surface area contributed by atoms with Crippen LogP contribution >= 0.6 is 0 Å². The average Bonchev–Trinajstić information content (AvgIpc) is 2.41. The molecule has 4 N–H and O–H groups in total. The van der Waals surface area contributed by atoms with E-state index < -0.39 is 42.1 Å². The predicted molar refractivity (Wildman–Crippen MR) is 86.8 cm³/mol. The molecule has 0 rings (SSSR count). The van der Waals surface area contributed by atoms with Gasteiger partial charge in [-0.1, -0.05) is 0 Å². The van der Waals surface area contributed by atoms with Crippen LogP contribution in [0.2, 0.25) is 0 Å². The molecule has 8 nitrogen and oxygen atoms in total. The smallest absolute Gasteiger partial charge is 0.396 e. The molecule has 174 valence electrons. The first-order chi connectivity index (χ1) is 11.9. The van der Waals surface area contributed by atoms with Gasteiger partial charge in [-0.3, -0.25) is 9.11 Å². The van der Waals surface area contributed by atoms with Crippen molar-refractivity contribution in [1.82, 2.24) is 0 Å². The third-order valence-electron chi connectivity index (χ3n) is 3.22. The second-order valence-electron chi connectivity index (χ2n) is 6.12. The summed E-state index contributed by atoms with van der Waals surface area (Å²) < 4.78 is 121. The van der Waals surface area contributed by atoms with Gasteiger partial charge in [0.25, 0.3) is 20.2 Å². The van der Waals surface area contributed by atoms with Crippen molar-refractivity contribution in [2.24, 2.45) is 0 Å². The fourth-order valence-corrected chi connectivity index (χ4v) is 1.10. The van der Waals surface area contributed by atoms with Gasteiger partial charge in [-0.2, -0.15) is 43.2 Å². The summed E-state index contributed by atoms with van der Waals surface area (Å²) in [6.45, 7) is 1.95. The predicted octanol–water partition coefficient (Wildman–Crippen LogP) is 2.18. The van der Waals surface area contributed by atoms with Crippen LogP contribution < -0.4 is 0 Å². The van der Waals surface area contributed by atoms with Crippen LogP contribution in [0.15, 0.2) is 0 Å². The van der Waals surface area contributed by atoms with Crippen LogP contribution in [0.25, 0.3) is 0 Å². The number of hydrogen-bond acceptors (Lipinski definition) is 6. The van der Waals surface area contributed by atoms with Crippen LogP contribution in [0.4, 0.5) is 26.3 Å². The molecular formula is C12H24F6O8S2. The molecule has 0 aliphatic rings. The Morgan fingerprint density at radius 1 is 0.607 bits per heavy atom. The zero-order valence-corrected chi connectivity index (χ0v) is 17.0. The van der Waals surface area contributed by atoms with E-state index in [0.717, 1.165) is 12.8 Å². The Bertz CT molecular complexity index is 593. The Hall–Kier alpha value is -0.680. The van der Waals surface area contributed by atoms with E-state index in [-0.39, 0.29) is 13.2 Å². The highest BCUT2D eigenvalue weighted by Gasteiger charge is 2.57. The number of halogens is 6. The molecule has 0 unspecified atom stereocenters. The Morgan fingerprint density at radius 3 is 0.821 bits per heavy atom. The monoisotopic (exact) mass is 474 g/mol. The van der Waals surface area contributed by atoms with Crippen molar-refractivity contribution in [3.63, 3.8) is 0 Å². The maximum Gasteiger partial charge on any atom is 0.409 e. The van der Waals surface area contributed by atoms with Crippen molar-refractivity contribution >= 4 is 20.2 Å². The van der Waals surface area contributed by atoms with E-state index in [0.29, 0.717) is 27.7 Å². The van der Waals surface area contributed by atoms with Gasteiger partial charge in [-0.25, -0.2) is 0 Å². The van der Waals surface area contributed by atoms with Crippen molar-refractivity contribution in [3.05, 3.63) is 0 Å². The fraction of sp³-hybridized carbons (Fsp3) is 1.00. The molecule has 0 aliphatic carbocycles. The van der Waals surface area contributed by atoms with Gasteiger partial charge in [0.05, 0.1) is 0 Å². The second kappa shape index (κ2) is 10.9. The van der Waals surface area contributed by atoms with Gasteiger partial charge in [0.2, 0.25) is 0 Å². The normalized spacial score (nSPS) is 13.8. The number of aliphatic hydroxyl groups excluding tert-OH is 2. The van der Waals surface area contributed by atoms with Crippen LogP contribution in [0.5, 0.6) is 0 Å². The molecule has 0 aromatic rings. The summed E-state index contributed by atoms with van der Waals surface area (Å²) >= 11 is 0. The van der Waals surface area contributed by atoms with Crippen molar-refractivity contribution in [3.8, 4) is 0 Å². The maximum absolute atomic E-state index is 11.8. The number of unbranched alkanes of at least 4 members (excludes halogenated alkanes) is 1. The molecule has 0 saturated carbocycles. The van der Waals surface area contributed by atoms with Crippen molar-refractivity contribution in [2.75, 3.05) is 13.2 Å². The van der Waals surface area contributed by atoms with Gasteiger partial charge in [0.1, 0.15) is 0 Å². The molecule has 0 aromatic carbocycles. The van der Waals surface area contributed by atoms with E-state index >= 15 is 0 Å². The van der Waals surface area contributed by atoms with E-state index in [1.54, 1.807) is 0 Å². The summed E-state index contributed by atoms with van der Waals surface area (Å²) in [5, 5.41) is 16.2. The number of rotatable bonds is 5. The minimum Gasteiger partial charge on any atom is -0.396 e. The highest BCUT2D eigenvalue weighted by Crippen LogP contribution is 2.36. The first-order valence-electron chi connectivity index (χ1n) is 7.21.